The first-order valence-corrected chi connectivity index (χ1v) is 19.2. The summed E-state index contributed by atoms with van der Waals surface area (Å²) in [6.45, 7) is 20.1. The highest BCUT2D eigenvalue weighted by Gasteiger charge is 2.53. The molecule has 0 spiro atoms. The molecular weight excluding hydrogens is 474 g/mol. The largest absolute Gasteiger partial charge is 0.487 e. The lowest BCUT2D eigenvalue weighted by Crippen LogP contribution is -2.44. The third-order valence-corrected chi connectivity index (χ3v) is 13.5. The Morgan fingerprint density at radius 3 is 2.46 bits per heavy atom. The highest BCUT2D eigenvalue weighted by molar-refractivity contribution is 6.76. The van der Waals surface area contributed by atoms with Crippen molar-refractivity contribution < 1.29 is 18.4 Å². The van der Waals surface area contributed by atoms with Crippen LogP contribution in [-0.4, -0.2) is 37.9 Å². The number of hydrogen-bond donors (Lipinski definition) is 0. The van der Waals surface area contributed by atoms with Gasteiger partial charge in [-0.2, -0.15) is 5.10 Å². The van der Waals surface area contributed by atoms with Crippen molar-refractivity contribution in [3.05, 3.63) is 41.9 Å². The van der Waals surface area contributed by atoms with Gasteiger partial charge in [0.2, 0.25) is 0 Å². The van der Waals surface area contributed by atoms with Gasteiger partial charge in [-0.3, -0.25) is 0 Å². The van der Waals surface area contributed by atoms with Crippen LogP contribution in [0.4, 0.5) is 0 Å². The number of hydrogen-bond acceptors (Lipinski definition) is 6. The summed E-state index contributed by atoms with van der Waals surface area (Å²) < 4.78 is 26.3. The lowest BCUT2D eigenvalue weighted by Gasteiger charge is -2.40. The average Bonchev–Trinajstić information content (AvgIpc) is 3.16. The van der Waals surface area contributed by atoms with Gasteiger partial charge in [-0.15, -0.1) is 0 Å². The van der Waals surface area contributed by atoms with Gasteiger partial charge in [-0.25, -0.2) is 4.68 Å². The van der Waals surface area contributed by atoms with Gasteiger partial charge in [0, 0.05) is 37.8 Å². The first-order valence-electron chi connectivity index (χ1n) is 12.6. The van der Waals surface area contributed by atoms with Crippen LogP contribution in [0, 0.1) is 0 Å². The van der Waals surface area contributed by atoms with E-state index in [0.717, 1.165) is 53.4 Å². The van der Waals surface area contributed by atoms with Crippen LogP contribution >= 0.6 is 0 Å². The molecule has 192 valence electrons. The molecular formula is C26H41N3O4Si2. The van der Waals surface area contributed by atoms with Gasteiger partial charge in [-0.05, 0) is 43.1 Å². The molecule has 0 aliphatic heterocycles. The summed E-state index contributed by atoms with van der Waals surface area (Å²) in [6.07, 6.45) is 5.49. The standard InChI is InChI=1S/C26H41N3O4Si2/c1-25(2,3)35(7,8)33-26(10-11-26)22-15-20-17-27-29(19-30-13-14-34(4,5)6)23(20)16-24(22)31-18-21-9-12-32-28-21/h9,12,15-17H,10-11,13-14,18-19H2,1-8H3. The molecule has 2 heterocycles. The Balaban J connectivity index is 1.64. The minimum atomic E-state index is -1.98. The zero-order valence-electron chi connectivity index (χ0n) is 22.6. The van der Waals surface area contributed by atoms with Gasteiger partial charge in [0.1, 0.15) is 31.0 Å². The number of fused-ring (bicyclic) bond motifs is 1. The molecule has 0 atom stereocenters. The second kappa shape index (κ2) is 9.50. The normalized spacial score (nSPS) is 16.1. The van der Waals surface area contributed by atoms with Gasteiger partial charge in [0.05, 0.1) is 17.3 Å². The van der Waals surface area contributed by atoms with Crippen molar-refractivity contribution in [2.45, 2.75) is 96.4 Å². The molecule has 2 aromatic heterocycles. The third kappa shape index (κ3) is 6.07. The van der Waals surface area contributed by atoms with Crippen molar-refractivity contribution in [3.8, 4) is 5.75 Å². The van der Waals surface area contributed by atoms with E-state index in [0.29, 0.717) is 13.3 Å². The maximum atomic E-state index is 7.01. The predicted octanol–water partition coefficient (Wildman–Crippen LogP) is 6.93. The van der Waals surface area contributed by atoms with E-state index in [1.165, 1.54) is 0 Å². The van der Waals surface area contributed by atoms with Crippen LogP contribution in [0.15, 0.2) is 35.2 Å². The Morgan fingerprint density at radius 1 is 1.11 bits per heavy atom. The predicted molar refractivity (Wildman–Crippen MR) is 144 cm³/mol. The molecule has 0 amide bonds. The number of ether oxygens (including phenoxy) is 2. The third-order valence-electron chi connectivity index (χ3n) is 7.27. The van der Waals surface area contributed by atoms with Crippen LogP contribution in [0.2, 0.25) is 43.8 Å². The van der Waals surface area contributed by atoms with Crippen molar-refractivity contribution in [2.75, 3.05) is 6.61 Å². The molecule has 1 aromatic carbocycles. The Hall–Kier alpha value is -1.95. The van der Waals surface area contributed by atoms with E-state index < -0.39 is 16.4 Å². The van der Waals surface area contributed by atoms with Gasteiger partial charge >= 0.3 is 0 Å². The summed E-state index contributed by atoms with van der Waals surface area (Å²) in [4.78, 5) is 0. The van der Waals surface area contributed by atoms with E-state index in [4.69, 9.17) is 18.4 Å². The van der Waals surface area contributed by atoms with E-state index in [2.05, 4.69) is 75.9 Å². The highest BCUT2D eigenvalue weighted by Crippen LogP contribution is 2.56. The second-order valence-electron chi connectivity index (χ2n) is 12.5. The lowest BCUT2D eigenvalue weighted by molar-refractivity contribution is 0.0816. The van der Waals surface area contributed by atoms with Crippen LogP contribution in [0.1, 0.15) is 44.9 Å². The second-order valence-corrected chi connectivity index (χ2v) is 22.9. The Labute approximate surface area is 211 Å². The number of benzene rings is 1. The van der Waals surface area contributed by atoms with E-state index in [1.807, 2.05) is 16.9 Å². The van der Waals surface area contributed by atoms with E-state index >= 15 is 0 Å². The van der Waals surface area contributed by atoms with Crippen molar-refractivity contribution in [2.24, 2.45) is 0 Å². The molecule has 9 heteroatoms. The van der Waals surface area contributed by atoms with E-state index in [1.54, 1.807) is 6.26 Å². The van der Waals surface area contributed by atoms with Gasteiger partial charge in [-0.1, -0.05) is 45.6 Å². The highest BCUT2D eigenvalue weighted by atomic mass is 28.4. The minimum absolute atomic E-state index is 0.132. The van der Waals surface area contributed by atoms with Crippen molar-refractivity contribution in [3.63, 3.8) is 0 Å². The van der Waals surface area contributed by atoms with Crippen molar-refractivity contribution >= 4 is 27.3 Å². The smallest absolute Gasteiger partial charge is 0.193 e. The maximum absolute atomic E-state index is 7.01. The molecule has 4 rings (SSSR count). The Bertz CT molecular complexity index is 1140. The topological polar surface area (TPSA) is 71.5 Å². The van der Waals surface area contributed by atoms with Crippen molar-refractivity contribution in [1.29, 1.82) is 0 Å². The molecule has 0 radical (unpaired) electrons. The van der Waals surface area contributed by atoms with Gasteiger partial charge in [0.15, 0.2) is 8.32 Å². The molecule has 0 bridgehead atoms. The van der Waals surface area contributed by atoms with E-state index in [9.17, 15) is 0 Å². The molecule has 1 fully saturated rings. The molecule has 3 aromatic rings. The zero-order chi connectivity index (χ0) is 25.5. The fourth-order valence-electron chi connectivity index (χ4n) is 3.86. The number of aromatic nitrogens is 3. The molecule has 35 heavy (non-hydrogen) atoms. The van der Waals surface area contributed by atoms with Crippen LogP contribution in [0.25, 0.3) is 10.9 Å². The number of nitrogens with zero attached hydrogens (tertiary/aromatic N) is 3. The quantitative estimate of drug-likeness (QED) is 0.204. The summed E-state index contributed by atoms with van der Waals surface area (Å²) in [7, 11) is -3.11. The van der Waals surface area contributed by atoms with Gasteiger partial charge in [0.25, 0.3) is 0 Å². The molecule has 0 saturated heterocycles. The molecule has 1 saturated carbocycles. The maximum Gasteiger partial charge on any atom is 0.193 e. The SMILES string of the molecule is CC(C)(C)[Si](C)(C)OC1(c2cc3cnn(COCC[Si](C)(C)C)c3cc2OCc2ccon2)CC1. The van der Waals surface area contributed by atoms with E-state index in [-0.39, 0.29) is 10.6 Å². The Morgan fingerprint density at radius 2 is 1.86 bits per heavy atom. The zero-order valence-corrected chi connectivity index (χ0v) is 24.6. The summed E-state index contributed by atoms with van der Waals surface area (Å²) in [5, 5.41) is 9.85. The van der Waals surface area contributed by atoms with Crippen LogP contribution < -0.4 is 4.74 Å². The minimum Gasteiger partial charge on any atom is -0.487 e. The average molecular weight is 516 g/mol. The first kappa shape index (κ1) is 26.1. The number of rotatable bonds is 11. The summed E-state index contributed by atoms with van der Waals surface area (Å²) >= 11 is 0. The molecule has 1 aliphatic carbocycles. The fraction of sp³-hybridized carbons (Fsp3) is 0.615. The molecule has 0 N–H and O–H groups in total. The monoisotopic (exact) mass is 515 g/mol. The first-order chi connectivity index (χ1) is 16.3. The molecule has 7 nitrogen and oxygen atoms in total. The van der Waals surface area contributed by atoms with Crippen molar-refractivity contribution in [1.82, 2.24) is 14.9 Å². The molecule has 0 unspecified atom stereocenters. The molecule has 1 aliphatic rings. The fourth-order valence-corrected chi connectivity index (χ4v) is 6.21. The van der Waals surface area contributed by atoms with Gasteiger partial charge < -0.3 is 18.4 Å². The van der Waals surface area contributed by atoms with Crippen LogP contribution in [0.3, 0.4) is 0 Å². The summed E-state index contributed by atoms with van der Waals surface area (Å²) in [5.74, 6) is 0.820. The lowest BCUT2D eigenvalue weighted by atomic mass is 10.0. The summed E-state index contributed by atoms with van der Waals surface area (Å²) in [5.41, 5.74) is 2.57. The summed E-state index contributed by atoms with van der Waals surface area (Å²) in [6, 6.07) is 7.26. The van der Waals surface area contributed by atoms with Crippen LogP contribution in [0.5, 0.6) is 5.75 Å². The Kier molecular flexibility index (Phi) is 7.09. The van der Waals surface area contributed by atoms with Crippen LogP contribution in [-0.2, 0) is 28.1 Å².